The number of nitrogen functional groups attached to an aromatic ring is 1. The lowest BCUT2D eigenvalue weighted by atomic mass is 10.1. The van der Waals surface area contributed by atoms with E-state index in [-0.39, 0.29) is 5.91 Å². The first-order valence-electron chi connectivity index (χ1n) is 6.51. The number of anilines is 1. The van der Waals surface area contributed by atoms with Crippen LogP contribution in [0.15, 0.2) is 42.5 Å². The van der Waals surface area contributed by atoms with Crippen molar-refractivity contribution in [2.24, 2.45) is 0 Å². The number of carbonyl (C=O) groups is 2. The normalized spacial score (nSPS) is 10.1. The Kier molecular flexibility index (Phi) is 5.01. The van der Waals surface area contributed by atoms with Crippen molar-refractivity contribution < 1.29 is 14.3 Å². The number of nitrogens with one attached hydrogen (secondary N) is 1. The van der Waals surface area contributed by atoms with Gasteiger partial charge in [0.15, 0.2) is 0 Å². The predicted molar refractivity (Wildman–Crippen MR) is 84.8 cm³/mol. The molecule has 2 rings (SSSR count). The third-order valence-electron chi connectivity index (χ3n) is 3.09. The van der Waals surface area contributed by atoms with Crippen LogP contribution < -0.4 is 11.1 Å². The SMILES string of the molecule is COC(=O)c1ccc(CNC(=O)c2ccc(Cl)cc2N)cc1. The number of benzene rings is 2. The van der Waals surface area contributed by atoms with Crippen molar-refractivity contribution >= 4 is 29.2 Å². The van der Waals surface area contributed by atoms with E-state index in [1.54, 1.807) is 36.4 Å². The monoisotopic (exact) mass is 318 g/mol. The maximum Gasteiger partial charge on any atom is 0.337 e. The van der Waals surface area contributed by atoms with Gasteiger partial charge in [0.05, 0.1) is 18.2 Å². The molecule has 0 radical (unpaired) electrons. The van der Waals surface area contributed by atoms with Crippen LogP contribution in [0.3, 0.4) is 0 Å². The zero-order valence-electron chi connectivity index (χ0n) is 11.9. The van der Waals surface area contributed by atoms with Crippen molar-refractivity contribution in [2.45, 2.75) is 6.54 Å². The Balaban J connectivity index is 2.00. The molecule has 0 saturated heterocycles. The number of esters is 1. The highest BCUT2D eigenvalue weighted by atomic mass is 35.5. The molecule has 5 nitrogen and oxygen atoms in total. The Morgan fingerprint density at radius 3 is 2.45 bits per heavy atom. The van der Waals surface area contributed by atoms with E-state index < -0.39 is 5.97 Å². The Morgan fingerprint density at radius 2 is 1.86 bits per heavy atom. The number of nitrogens with two attached hydrogens (primary N) is 1. The van der Waals surface area contributed by atoms with Crippen molar-refractivity contribution in [3.8, 4) is 0 Å². The van der Waals surface area contributed by atoms with Crippen molar-refractivity contribution in [3.63, 3.8) is 0 Å². The molecular weight excluding hydrogens is 304 g/mol. The molecule has 22 heavy (non-hydrogen) atoms. The van der Waals surface area contributed by atoms with E-state index in [4.69, 9.17) is 17.3 Å². The van der Waals surface area contributed by atoms with Gasteiger partial charge in [-0.15, -0.1) is 0 Å². The highest BCUT2D eigenvalue weighted by Gasteiger charge is 2.10. The molecule has 0 aliphatic rings. The quantitative estimate of drug-likeness (QED) is 0.670. The second-order valence-corrected chi connectivity index (χ2v) is 5.04. The van der Waals surface area contributed by atoms with E-state index in [1.807, 2.05) is 0 Å². The van der Waals surface area contributed by atoms with Crippen LogP contribution in [-0.4, -0.2) is 19.0 Å². The maximum absolute atomic E-state index is 12.1. The summed E-state index contributed by atoms with van der Waals surface area (Å²) in [5.41, 5.74) is 7.77. The molecule has 3 N–H and O–H groups in total. The minimum atomic E-state index is -0.399. The zero-order valence-corrected chi connectivity index (χ0v) is 12.7. The van der Waals surface area contributed by atoms with Crippen molar-refractivity contribution in [2.75, 3.05) is 12.8 Å². The van der Waals surface area contributed by atoms with Gasteiger partial charge in [-0.3, -0.25) is 4.79 Å². The molecule has 0 atom stereocenters. The van der Waals surface area contributed by atoms with E-state index in [2.05, 4.69) is 10.1 Å². The van der Waals surface area contributed by atoms with Gasteiger partial charge in [-0.1, -0.05) is 23.7 Å². The first-order chi connectivity index (χ1) is 10.5. The molecule has 0 fully saturated rings. The van der Waals surface area contributed by atoms with Crippen LogP contribution in [0.25, 0.3) is 0 Å². The summed E-state index contributed by atoms with van der Waals surface area (Å²) in [6, 6.07) is 11.5. The number of methoxy groups -OCH3 is 1. The van der Waals surface area contributed by atoms with Crippen molar-refractivity contribution in [1.82, 2.24) is 5.32 Å². The third kappa shape index (κ3) is 3.77. The fraction of sp³-hybridized carbons (Fsp3) is 0.125. The Labute approximate surface area is 133 Å². The standard InChI is InChI=1S/C16H15ClN2O3/c1-22-16(21)11-4-2-10(3-5-11)9-19-15(20)13-7-6-12(17)8-14(13)18/h2-8H,9,18H2,1H3,(H,19,20). The van der Waals surface area contributed by atoms with Gasteiger partial charge in [0.25, 0.3) is 5.91 Å². The summed E-state index contributed by atoms with van der Waals surface area (Å²) < 4.78 is 4.62. The fourth-order valence-corrected chi connectivity index (χ4v) is 2.08. The fourth-order valence-electron chi connectivity index (χ4n) is 1.89. The molecule has 0 heterocycles. The smallest absolute Gasteiger partial charge is 0.337 e. The van der Waals surface area contributed by atoms with Crippen molar-refractivity contribution in [3.05, 3.63) is 64.2 Å². The van der Waals surface area contributed by atoms with Crippen molar-refractivity contribution in [1.29, 1.82) is 0 Å². The minimum Gasteiger partial charge on any atom is -0.465 e. The van der Waals surface area contributed by atoms with Gasteiger partial charge in [-0.25, -0.2) is 4.79 Å². The second-order valence-electron chi connectivity index (χ2n) is 4.60. The molecule has 114 valence electrons. The summed E-state index contributed by atoms with van der Waals surface area (Å²) in [6.45, 7) is 0.322. The van der Waals surface area contributed by atoms with Crippen LogP contribution in [0.4, 0.5) is 5.69 Å². The lowest BCUT2D eigenvalue weighted by Gasteiger charge is -2.08. The van der Waals surface area contributed by atoms with E-state index in [9.17, 15) is 9.59 Å². The van der Waals surface area contributed by atoms with Crippen LogP contribution >= 0.6 is 11.6 Å². The number of halogens is 1. The highest BCUT2D eigenvalue weighted by Crippen LogP contribution is 2.18. The number of ether oxygens (including phenoxy) is 1. The van der Waals surface area contributed by atoms with Gasteiger partial charge in [0.2, 0.25) is 0 Å². The maximum atomic E-state index is 12.1. The lowest BCUT2D eigenvalue weighted by molar-refractivity contribution is 0.0600. The molecule has 0 aromatic heterocycles. The summed E-state index contributed by atoms with van der Waals surface area (Å²) in [4.78, 5) is 23.4. The predicted octanol–water partition coefficient (Wildman–Crippen LogP) is 2.64. The second kappa shape index (κ2) is 6.95. The Bertz CT molecular complexity index is 699. The molecule has 0 unspecified atom stereocenters. The largest absolute Gasteiger partial charge is 0.465 e. The van der Waals surface area contributed by atoms with E-state index >= 15 is 0 Å². The molecule has 0 aliphatic heterocycles. The van der Waals surface area contributed by atoms with E-state index in [0.717, 1.165) is 5.56 Å². The molecular formula is C16H15ClN2O3. The van der Waals surface area contributed by atoms with Gasteiger partial charge < -0.3 is 15.8 Å². The Morgan fingerprint density at radius 1 is 1.18 bits per heavy atom. The lowest BCUT2D eigenvalue weighted by Crippen LogP contribution is -2.23. The van der Waals surface area contributed by atoms with Gasteiger partial charge in [-0.2, -0.15) is 0 Å². The van der Waals surface area contributed by atoms with E-state index in [0.29, 0.717) is 28.4 Å². The first kappa shape index (κ1) is 15.9. The summed E-state index contributed by atoms with van der Waals surface area (Å²) >= 11 is 5.80. The molecule has 6 heteroatoms. The highest BCUT2D eigenvalue weighted by molar-refractivity contribution is 6.31. The summed E-state index contributed by atoms with van der Waals surface area (Å²) in [5, 5.41) is 3.24. The number of rotatable bonds is 4. The van der Waals surface area contributed by atoms with Crippen LogP contribution in [0.2, 0.25) is 5.02 Å². The molecule has 0 bridgehead atoms. The minimum absolute atomic E-state index is 0.286. The summed E-state index contributed by atoms with van der Waals surface area (Å²) in [6.07, 6.45) is 0. The average molecular weight is 319 g/mol. The number of carbonyl (C=O) groups excluding carboxylic acids is 2. The summed E-state index contributed by atoms with van der Waals surface area (Å²) in [5.74, 6) is -0.685. The molecule has 2 aromatic carbocycles. The van der Waals surface area contributed by atoms with Gasteiger partial charge in [0.1, 0.15) is 0 Å². The molecule has 0 saturated carbocycles. The van der Waals surface area contributed by atoms with Gasteiger partial charge in [0, 0.05) is 17.3 Å². The van der Waals surface area contributed by atoms with Crippen LogP contribution in [0, 0.1) is 0 Å². The van der Waals surface area contributed by atoms with E-state index in [1.165, 1.54) is 13.2 Å². The number of hydrogen-bond acceptors (Lipinski definition) is 4. The number of hydrogen-bond donors (Lipinski definition) is 2. The van der Waals surface area contributed by atoms with Crippen LogP contribution in [0.1, 0.15) is 26.3 Å². The molecule has 1 amide bonds. The third-order valence-corrected chi connectivity index (χ3v) is 3.32. The zero-order chi connectivity index (χ0) is 16.1. The van der Waals surface area contributed by atoms with Gasteiger partial charge in [-0.05, 0) is 35.9 Å². The van der Waals surface area contributed by atoms with Crippen LogP contribution in [-0.2, 0) is 11.3 Å². The Hall–Kier alpha value is -2.53. The molecule has 0 spiro atoms. The summed E-state index contributed by atoms with van der Waals surface area (Å²) in [7, 11) is 1.33. The molecule has 2 aromatic rings. The number of amides is 1. The first-order valence-corrected chi connectivity index (χ1v) is 6.89. The van der Waals surface area contributed by atoms with Gasteiger partial charge >= 0.3 is 5.97 Å². The average Bonchev–Trinajstić information content (AvgIpc) is 2.52. The topological polar surface area (TPSA) is 81.4 Å². The molecule has 0 aliphatic carbocycles. The van der Waals surface area contributed by atoms with Crippen LogP contribution in [0.5, 0.6) is 0 Å².